The molecule has 2 aromatic heterocycles. The van der Waals surface area contributed by atoms with Gasteiger partial charge in [0, 0.05) is 10.9 Å². The minimum absolute atomic E-state index is 0.0453. The zero-order valence-corrected chi connectivity index (χ0v) is 15.7. The lowest BCUT2D eigenvalue weighted by molar-refractivity contribution is -0.122. The van der Waals surface area contributed by atoms with Gasteiger partial charge in [0.25, 0.3) is 5.56 Å². The number of fused-ring (bicyclic) bond motifs is 3. The molecule has 2 heterocycles. The van der Waals surface area contributed by atoms with Crippen molar-refractivity contribution >= 4 is 27.5 Å². The predicted octanol–water partition coefficient (Wildman–Crippen LogP) is 2.95. The summed E-state index contributed by atoms with van der Waals surface area (Å²) in [6.45, 7) is 4.16. The molecule has 25 heavy (non-hydrogen) atoms. The van der Waals surface area contributed by atoms with Crippen LogP contribution in [-0.4, -0.2) is 21.5 Å². The molecule has 0 bridgehead atoms. The third-order valence-electron chi connectivity index (χ3n) is 5.63. The highest BCUT2D eigenvalue weighted by molar-refractivity contribution is 7.18. The molecule has 134 valence electrons. The fraction of sp³-hybridized carbons (Fsp3) is 0.632. The first-order chi connectivity index (χ1) is 12.0. The van der Waals surface area contributed by atoms with Gasteiger partial charge in [0.05, 0.1) is 5.39 Å². The van der Waals surface area contributed by atoms with Crippen molar-refractivity contribution in [3.8, 4) is 0 Å². The fourth-order valence-corrected chi connectivity index (χ4v) is 5.62. The van der Waals surface area contributed by atoms with Gasteiger partial charge in [-0.15, -0.1) is 11.3 Å². The van der Waals surface area contributed by atoms with Crippen LogP contribution in [0.2, 0.25) is 0 Å². The van der Waals surface area contributed by atoms with E-state index in [1.54, 1.807) is 15.9 Å². The molecular weight excluding hydrogens is 334 g/mol. The number of rotatable bonds is 3. The molecule has 1 fully saturated rings. The van der Waals surface area contributed by atoms with Gasteiger partial charge in [-0.25, -0.2) is 4.98 Å². The number of carbonyl (C=O) groups excluding carboxylic acids is 1. The number of nitrogens with one attached hydrogen (secondary N) is 1. The van der Waals surface area contributed by atoms with Crippen molar-refractivity contribution in [3.05, 3.63) is 26.6 Å². The molecule has 0 radical (unpaired) electrons. The van der Waals surface area contributed by atoms with E-state index in [1.165, 1.54) is 23.3 Å². The Labute approximate surface area is 151 Å². The van der Waals surface area contributed by atoms with Crippen LogP contribution in [0.1, 0.15) is 55.3 Å². The summed E-state index contributed by atoms with van der Waals surface area (Å²) < 4.78 is 1.55. The van der Waals surface area contributed by atoms with Gasteiger partial charge in [0.2, 0.25) is 5.91 Å². The molecule has 0 spiro atoms. The maximum absolute atomic E-state index is 13.1. The largest absolute Gasteiger partial charge is 0.352 e. The summed E-state index contributed by atoms with van der Waals surface area (Å²) in [7, 11) is 0. The molecular formula is C19H25N3O2S. The van der Waals surface area contributed by atoms with E-state index in [9.17, 15) is 9.59 Å². The summed E-state index contributed by atoms with van der Waals surface area (Å²) in [5.74, 6) is 1.22. The Morgan fingerprint density at radius 2 is 2.08 bits per heavy atom. The number of carbonyl (C=O) groups is 1. The highest BCUT2D eigenvalue weighted by Gasteiger charge is 2.25. The van der Waals surface area contributed by atoms with E-state index in [0.717, 1.165) is 42.3 Å². The van der Waals surface area contributed by atoms with Crippen molar-refractivity contribution in [3.63, 3.8) is 0 Å². The first kappa shape index (κ1) is 16.8. The molecule has 2 aliphatic carbocycles. The van der Waals surface area contributed by atoms with Crippen LogP contribution in [0.15, 0.2) is 4.79 Å². The molecule has 6 heteroatoms. The van der Waals surface area contributed by atoms with Gasteiger partial charge in [0.15, 0.2) is 0 Å². The molecule has 1 atom stereocenters. The van der Waals surface area contributed by atoms with E-state index in [4.69, 9.17) is 0 Å². The van der Waals surface area contributed by atoms with Gasteiger partial charge in [-0.05, 0) is 50.5 Å². The Bertz CT molecular complexity index is 877. The van der Waals surface area contributed by atoms with Crippen LogP contribution < -0.4 is 10.9 Å². The third kappa shape index (κ3) is 3.12. The van der Waals surface area contributed by atoms with E-state index in [2.05, 4.69) is 17.2 Å². The average Bonchev–Trinajstić information content (AvgIpc) is 3.17. The fourth-order valence-electron chi connectivity index (χ4n) is 4.20. The number of hydrogen-bond acceptors (Lipinski definition) is 4. The van der Waals surface area contributed by atoms with Crippen LogP contribution in [0.25, 0.3) is 10.2 Å². The molecule has 0 aliphatic heterocycles. The van der Waals surface area contributed by atoms with Crippen molar-refractivity contribution < 1.29 is 4.79 Å². The van der Waals surface area contributed by atoms with E-state index in [0.29, 0.717) is 11.7 Å². The van der Waals surface area contributed by atoms with Crippen molar-refractivity contribution in [1.82, 2.24) is 14.9 Å². The summed E-state index contributed by atoms with van der Waals surface area (Å²) in [5, 5.41) is 3.82. The first-order valence-corrected chi connectivity index (χ1v) is 10.2. The van der Waals surface area contributed by atoms with Crippen LogP contribution in [0.5, 0.6) is 0 Å². The van der Waals surface area contributed by atoms with Crippen LogP contribution in [0.4, 0.5) is 0 Å². The van der Waals surface area contributed by atoms with E-state index in [1.807, 2.05) is 6.92 Å². The molecule has 1 amide bonds. The van der Waals surface area contributed by atoms with Gasteiger partial charge >= 0.3 is 0 Å². The Kier molecular flexibility index (Phi) is 4.40. The zero-order chi connectivity index (χ0) is 17.6. The van der Waals surface area contributed by atoms with Crippen molar-refractivity contribution in [2.75, 3.05) is 0 Å². The highest BCUT2D eigenvalue weighted by Crippen LogP contribution is 2.35. The SMILES string of the molecule is Cc1nc2sc3c(c2c(=O)n1CC(=O)NC1CCCC1)CCC(C)C3. The molecule has 2 aliphatic rings. The minimum Gasteiger partial charge on any atom is -0.352 e. The second-order valence-corrected chi connectivity index (χ2v) is 8.71. The second kappa shape index (κ2) is 6.56. The predicted molar refractivity (Wildman–Crippen MR) is 100 cm³/mol. The Hall–Kier alpha value is -1.69. The lowest BCUT2D eigenvalue weighted by Crippen LogP contribution is -2.38. The number of aryl methyl sites for hydroxylation is 2. The van der Waals surface area contributed by atoms with Gasteiger partial charge in [-0.1, -0.05) is 19.8 Å². The van der Waals surface area contributed by atoms with Crippen LogP contribution in [-0.2, 0) is 24.2 Å². The summed E-state index contributed by atoms with van der Waals surface area (Å²) in [6, 6.07) is 0.274. The topological polar surface area (TPSA) is 64.0 Å². The number of thiophene rings is 1. The summed E-state index contributed by atoms with van der Waals surface area (Å²) in [4.78, 5) is 32.3. The maximum Gasteiger partial charge on any atom is 0.263 e. The summed E-state index contributed by atoms with van der Waals surface area (Å²) >= 11 is 1.66. The molecule has 1 N–H and O–H groups in total. The number of amides is 1. The first-order valence-electron chi connectivity index (χ1n) is 9.34. The molecule has 0 aromatic carbocycles. The van der Waals surface area contributed by atoms with Gasteiger partial charge in [-0.3, -0.25) is 14.2 Å². The molecule has 2 aromatic rings. The second-order valence-electron chi connectivity index (χ2n) is 7.63. The maximum atomic E-state index is 13.1. The van der Waals surface area contributed by atoms with Crippen molar-refractivity contribution in [2.45, 2.75) is 71.4 Å². The van der Waals surface area contributed by atoms with Gasteiger partial charge in [-0.2, -0.15) is 0 Å². The standard InChI is InChI=1S/C19H25N3O2S/c1-11-7-8-14-15(9-11)25-18-17(14)19(24)22(12(2)20-18)10-16(23)21-13-5-3-4-6-13/h11,13H,3-10H2,1-2H3,(H,21,23). The molecule has 0 saturated heterocycles. The zero-order valence-electron chi connectivity index (χ0n) is 14.9. The van der Waals surface area contributed by atoms with E-state index < -0.39 is 0 Å². The lowest BCUT2D eigenvalue weighted by Gasteiger charge is -2.17. The van der Waals surface area contributed by atoms with Crippen LogP contribution in [0.3, 0.4) is 0 Å². The Morgan fingerprint density at radius 1 is 1.32 bits per heavy atom. The third-order valence-corrected chi connectivity index (χ3v) is 6.78. The summed E-state index contributed by atoms with van der Waals surface area (Å²) in [6.07, 6.45) is 7.56. The van der Waals surface area contributed by atoms with Crippen LogP contribution >= 0.6 is 11.3 Å². The highest BCUT2D eigenvalue weighted by atomic mass is 32.1. The molecule has 1 unspecified atom stereocenters. The normalized spacial score (nSPS) is 20.8. The monoisotopic (exact) mass is 359 g/mol. The average molecular weight is 359 g/mol. The molecule has 1 saturated carbocycles. The number of nitrogens with zero attached hydrogens (tertiary/aromatic N) is 2. The Morgan fingerprint density at radius 3 is 2.84 bits per heavy atom. The molecule has 4 rings (SSSR count). The lowest BCUT2D eigenvalue weighted by atomic mass is 9.89. The van der Waals surface area contributed by atoms with Gasteiger partial charge in [0.1, 0.15) is 17.2 Å². The molecule has 5 nitrogen and oxygen atoms in total. The number of hydrogen-bond donors (Lipinski definition) is 1. The van der Waals surface area contributed by atoms with E-state index in [-0.39, 0.29) is 24.1 Å². The van der Waals surface area contributed by atoms with Crippen LogP contribution in [0, 0.1) is 12.8 Å². The minimum atomic E-state index is -0.0732. The summed E-state index contributed by atoms with van der Waals surface area (Å²) in [5.41, 5.74) is 1.14. The smallest absolute Gasteiger partial charge is 0.263 e. The van der Waals surface area contributed by atoms with Gasteiger partial charge < -0.3 is 5.32 Å². The number of aromatic nitrogens is 2. The Balaban J connectivity index is 1.67. The quantitative estimate of drug-likeness (QED) is 0.916. The van der Waals surface area contributed by atoms with Crippen molar-refractivity contribution in [2.24, 2.45) is 5.92 Å². The van der Waals surface area contributed by atoms with E-state index >= 15 is 0 Å². The van der Waals surface area contributed by atoms with Crippen molar-refractivity contribution in [1.29, 1.82) is 0 Å².